The highest BCUT2D eigenvalue weighted by Crippen LogP contribution is 2.42. The lowest BCUT2D eigenvalue weighted by atomic mass is 10.0. The van der Waals surface area contributed by atoms with Gasteiger partial charge >= 0.3 is 0 Å². The van der Waals surface area contributed by atoms with Crippen molar-refractivity contribution < 1.29 is 4.92 Å². The Morgan fingerprint density at radius 2 is 1.77 bits per heavy atom. The zero-order chi connectivity index (χ0) is 15.7. The van der Waals surface area contributed by atoms with E-state index in [9.17, 15) is 10.1 Å². The third-order valence-electron chi connectivity index (χ3n) is 3.99. The molecule has 0 amide bonds. The van der Waals surface area contributed by atoms with Crippen LogP contribution in [0.2, 0.25) is 5.02 Å². The molecule has 4 nitrogen and oxygen atoms in total. The van der Waals surface area contributed by atoms with Gasteiger partial charge in [0.15, 0.2) is 0 Å². The summed E-state index contributed by atoms with van der Waals surface area (Å²) in [5.74, 6) is 0. The molecule has 0 radical (unpaired) electrons. The summed E-state index contributed by atoms with van der Waals surface area (Å²) in [6.07, 6.45) is 0.394. The fourth-order valence-corrected chi connectivity index (χ4v) is 3.04. The second kappa shape index (κ2) is 5.81. The third-order valence-corrected chi connectivity index (χ3v) is 4.24. The maximum Gasteiger partial charge on any atom is 0.267 e. The number of hydrogen-bond acceptors (Lipinski definition) is 3. The second-order valence-electron chi connectivity index (χ2n) is 5.27. The van der Waals surface area contributed by atoms with Gasteiger partial charge in [-0.05, 0) is 36.8 Å². The summed E-state index contributed by atoms with van der Waals surface area (Å²) in [7, 11) is 0. The third kappa shape index (κ3) is 2.57. The van der Waals surface area contributed by atoms with E-state index in [2.05, 4.69) is 0 Å². The molecule has 0 spiro atoms. The van der Waals surface area contributed by atoms with Gasteiger partial charge in [-0.3, -0.25) is 10.1 Å². The van der Waals surface area contributed by atoms with Crippen LogP contribution in [-0.4, -0.2) is 4.92 Å². The quantitative estimate of drug-likeness (QED) is 0.604. The van der Waals surface area contributed by atoms with Gasteiger partial charge < -0.3 is 4.90 Å². The largest absolute Gasteiger partial charge is 0.332 e. The number of nitro groups is 1. The van der Waals surface area contributed by atoms with Crippen molar-refractivity contribution in [3.05, 3.63) is 86.7 Å². The predicted octanol–water partition coefficient (Wildman–Crippen LogP) is 4.80. The number of hydrogen-bond donors (Lipinski definition) is 0. The Balaban J connectivity index is 2.07. The van der Waals surface area contributed by atoms with Crippen LogP contribution in [-0.2, 0) is 0 Å². The van der Waals surface area contributed by atoms with E-state index in [1.165, 1.54) is 0 Å². The zero-order valence-corrected chi connectivity index (χ0v) is 12.8. The molecule has 2 aromatic rings. The summed E-state index contributed by atoms with van der Waals surface area (Å²) in [5, 5.41) is 12.0. The Labute approximate surface area is 133 Å². The van der Waals surface area contributed by atoms with Gasteiger partial charge in [0, 0.05) is 10.7 Å². The van der Waals surface area contributed by atoms with E-state index in [1.807, 2.05) is 47.4 Å². The Bertz CT molecular complexity index is 726. The average molecular weight is 315 g/mol. The number of allylic oxidation sites excluding steroid dienone is 1. The van der Waals surface area contributed by atoms with Crippen LogP contribution < -0.4 is 4.90 Å². The smallest absolute Gasteiger partial charge is 0.267 e. The van der Waals surface area contributed by atoms with E-state index >= 15 is 0 Å². The maximum atomic E-state index is 11.3. The summed E-state index contributed by atoms with van der Waals surface area (Å²) >= 11 is 5.95. The summed E-state index contributed by atoms with van der Waals surface area (Å²) in [5.41, 5.74) is 2.92. The normalized spacial score (nSPS) is 17.9. The molecule has 112 valence electrons. The van der Waals surface area contributed by atoms with Crippen molar-refractivity contribution >= 4 is 17.3 Å². The first kappa shape index (κ1) is 14.6. The van der Waals surface area contributed by atoms with E-state index in [-0.39, 0.29) is 16.7 Å². The molecule has 1 aliphatic rings. The highest BCUT2D eigenvalue weighted by atomic mass is 35.5. The monoisotopic (exact) mass is 314 g/mol. The van der Waals surface area contributed by atoms with Crippen LogP contribution in [0.25, 0.3) is 0 Å². The molecule has 0 aromatic heterocycles. The van der Waals surface area contributed by atoms with Crippen molar-refractivity contribution in [1.29, 1.82) is 0 Å². The van der Waals surface area contributed by atoms with Crippen LogP contribution >= 0.6 is 11.6 Å². The molecule has 22 heavy (non-hydrogen) atoms. The van der Waals surface area contributed by atoms with Crippen molar-refractivity contribution in [1.82, 2.24) is 0 Å². The van der Waals surface area contributed by atoms with Gasteiger partial charge in [0.1, 0.15) is 0 Å². The molecule has 3 rings (SSSR count). The molecule has 0 bridgehead atoms. The Morgan fingerprint density at radius 3 is 2.36 bits per heavy atom. The van der Waals surface area contributed by atoms with Gasteiger partial charge in [-0.2, -0.15) is 0 Å². The van der Waals surface area contributed by atoms with Crippen LogP contribution in [0.15, 0.2) is 66.0 Å². The Hall–Kier alpha value is -2.33. The number of nitrogens with zero attached hydrogens (tertiary/aromatic N) is 2. The first-order valence-electron chi connectivity index (χ1n) is 7.02. The van der Waals surface area contributed by atoms with Crippen LogP contribution in [0.3, 0.4) is 0 Å². The molecule has 0 N–H and O–H groups in total. The standard InChI is InChI=1S/C17H15ClN2O2/c1-12-16(20(21)22)11-17(13-5-3-2-4-6-13)19(12)15-9-7-14(18)8-10-15/h2-10,17H,11H2,1H3. The molecule has 0 saturated heterocycles. The molecular weight excluding hydrogens is 300 g/mol. The van der Waals surface area contributed by atoms with Crippen LogP contribution in [0.5, 0.6) is 0 Å². The van der Waals surface area contributed by atoms with Gasteiger partial charge in [-0.25, -0.2) is 0 Å². The predicted molar refractivity (Wildman–Crippen MR) is 87.4 cm³/mol. The molecule has 0 aliphatic carbocycles. The lowest BCUT2D eigenvalue weighted by Crippen LogP contribution is -2.22. The summed E-state index contributed by atoms with van der Waals surface area (Å²) < 4.78 is 0. The molecule has 0 fully saturated rings. The number of halogens is 1. The molecule has 1 atom stereocenters. The zero-order valence-electron chi connectivity index (χ0n) is 12.1. The molecule has 2 aromatic carbocycles. The molecule has 5 heteroatoms. The van der Waals surface area contributed by atoms with Crippen molar-refractivity contribution in [2.45, 2.75) is 19.4 Å². The number of rotatable bonds is 3. The fraction of sp³-hybridized carbons (Fsp3) is 0.176. The molecule has 0 saturated carbocycles. The summed E-state index contributed by atoms with van der Waals surface area (Å²) in [6.45, 7) is 1.80. The topological polar surface area (TPSA) is 46.4 Å². The van der Waals surface area contributed by atoms with Crippen molar-refractivity contribution in [3.8, 4) is 0 Å². The van der Waals surface area contributed by atoms with Crippen molar-refractivity contribution in [3.63, 3.8) is 0 Å². The minimum atomic E-state index is -0.277. The van der Waals surface area contributed by atoms with Gasteiger partial charge in [-0.15, -0.1) is 0 Å². The number of benzene rings is 2. The highest BCUT2D eigenvalue weighted by molar-refractivity contribution is 6.30. The van der Waals surface area contributed by atoms with Gasteiger partial charge in [-0.1, -0.05) is 41.9 Å². The van der Waals surface area contributed by atoms with E-state index < -0.39 is 0 Å². The maximum absolute atomic E-state index is 11.3. The van der Waals surface area contributed by atoms with E-state index in [4.69, 9.17) is 11.6 Å². The second-order valence-corrected chi connectivity index (χ2v) is 5.70. The lowest BCUT2D eigenvalue weighted by molar-refractivity contribution is -0.428. The molecular formula is C17H15ClN2O2. The van der Waals surface area contributed by atoms with E-state index in [0.29, 0.717) is 17.1 Å². The summed E-state index contributed by atoms with van der Waals surface area (Å²) in [6, 6.07) is 17.2. The highest BCUT2D eigenvalue weighted by Gasteiger charge is 2.37. The molecule has 1 heterocycles. The minimum absolute atomic E-state index is 0.0669. The molecule has 1 unspecified atom stereocenters. The van der Waals surface area contributed by atoms with E-state index in [0.717, 1.165) is 11.3 Å². The van der Waals surface area contributed by atoms with Crippen LogP contribution in [0.1, 0.15) is 24.9 Å². The van der Waals surface area contributed by atoms with Crippen molar-refractivity contribution in [2.75, 3.05) is 4.90 Å². The molecule has 1 aliphatic heterocycles. The first-order chi connectivity index (χ1) is 10.6. The SMILES string of the molecule is CC1=C([N+](=O)[O-])CC(c2ccccc2)N1c1ccc(Cl)cc1. The Morgan fingerprint density at radius 1 is 1.14 bits per heavy atom. The fourth-order valence-electron chi connectivity index (χ4n) is 2.92. The lowest BCUT2D eigenvalue weighted by Gasteiger charge is -2.28. The van der Waals surface area contributed by atoms with Crippen molar-refractivity contribution in [2.24, 2.45) is 0 Å². The van der Waals surface area contributed by atoms with Crippen LogP contribution in [0.4, 0.5) is 5.69 Å². The Kier molecular flexibility index (Phi) is 3.86. The summed E-state index contributed by atoms with van der Waals surface area (Å²) in [4.78, 5) is 13.1. The minimum Gasteiger partial charge on any atom is -0.332 e. The first-order valence-corrected chi connectivity index (χ1v) is 7.39. The van der Waals surface area contributed by atoms with E-state index in [1.54, 1.807) is 19.1 Å². The van der Waals surface area contributed by atoms with Gasteiger partial charge in [0.25, 0.3) is 5.70 Å². The van der Waals surface area contributed by atoms with Crippen LogP contribution in [0, 0.1) is 10.1 Å². The van der Waals surface area contributed by atoms with Gasteiger partial charge in [0.05, 0.1) is 23.1 Å². The number of anilines is 1. The average Bonchev–Trinajstić information content (AvgIpc) is 2.87. The van der Waals surface area contributed by atoms with Gasteiger partial charge in [0.2, 0.25) is 0 Å².